The molecule has 0 spiro atoms. The smallest absolute Gasteiger partial charge is 0.241 e. The van der Waals surface area contributed by atoms with Crippen molar-refractivity contribution in [2.45, 2.75) is 31.7 Å². The molecule has 0 aliphatic carbocycles. The molecule has 20 heavy (non-hydrogen) atoms. The predicted molar refractivity (Wildman–Crippen MR) is 83.9 cm³/mol. The number of rotatable bonds is 5. The summed E-state index contributed by atoms with van der Waals surface area (Å²) in [5.74, 6) is -0.171. The van der Waals surface area contributed by atoms with E-state index in [0.717, 1.165) is 18.8 Å². The minimum absolute atomic E-state index is 0.171. The van der Waals surface area contributed by atoms with Crippen LogP contribution in [-0.4, -0.2) is 25.0 Å². The summed E-state index contributed by atoms with van der Waals surface area (Å²) in [7, 11) is 0. The number of carbonyl (C=O) groups excluding carboxylic acids is 1. The van der Waals surface area contributed by atoms with E-state index in [1.807, 2.05) is 12.1 Å². The largest absolute Gasteiger partial charge is 0.372 e. The maximum absolute atomic E-state index is 11.8. The second kappa shape index (κ2) is 7.10. The highest BCUT2D eigenvalue weighted by Crippen LogP contribution is 2.21. The number of anilines is 2. The highest BCUT2D eigenvalue weighted by molar-refractivity contribution is 5.94. The summed E-state index contributed by atoms with van der Waals surface area (Å²) < 4.78 is 0. The van der Waals surface area contributed by atoms with Crippen molar-refractivity contribution in [1.29, 1.82) is 0 Å². The number of benzene rings is 1. The lowest BCUT2D eigenvalue weighted by molar-refractivity contribution is -0.117. The van der Waals surface area contributed by atoms with Gasteiger partial charge in [-0.3, -0.25) is 4.79 Å². The molecule has 2 rings (SSSR count). The van der Waals surface area contributed by atoms with E-state index in [1.54, 1.807) is 6.08 Å². The number of hydrogen-bond acceptors (Lipinski definition) is 3. The Balaban J connectivity index is 1.94. The summed E-state index contributed by atoms with van der Waals surface area (Å²) in [6.07, 6.45) is 5.98. The Hall–Kier alpha value is -1.81. The first-order valence-corrected chi connectivity index (χ1v) is 7.23. The van der Waals surface area contributed by atoms with Gasteiger partial charge in [-0.1, -0.05) is 6.08 Å². The van der Waals surface area contributed by atoms with Crippen molar-refractivity contribution in [3.63, 3.8) is 0 Å². The van der Waals surface area contributed by atoms with E-state index in [1.165, 1.54) is 24.9 Å². The molecule has 1 aromatic rings. The van der Waals surface area contributed by atoms with Gasteiger partial charge in [-0.25, -0.2) is 0 Å². The van der Waals surface area contributed by atoms with Gasteiger partial charge in [-0.15, -0.1) is 6.58 Å². The molecule has 1 fully saturated rings. The van der Waals surface area contributed by atoms with Gasteiger partial charge < -0.3 is 16.0 Å². The van der Waals surface area contributed by atoms with Gasteiger partial charge >= 0.3 is 0 Å². The molecule has 4 nitrogen and oxygen atoms in total. The van der Waals surface area contributed by atoms with Crippen molar-refractivity contribution >= 4 is 17.3 Å². The van der Waals surface area contributed by atoms with Crippen LogP contribution in [-0.2, 0) is 4.79 Å². The van der Waals surface area contributed by atoms with Gasteiger partial charge in [0.2, 0.25) is 5.91 Å². The first-order chi connectivity index (χ1) is 9.70. The number of nitrogens with one attached hydrogen (secondary N) is 1. The maximum Gasteiger partial charge on any atom is 0.241 e. The van der Waals surface area contributed by atoms with Crippen LogP contribution in [0.1, 0.15) is 25.7 Å². The molecular weight excluding hydrogens is 250 g/mol. The van der Waals surface area contributed by atoms with Gasteiger partial charge in [0.15, 0.2) is 0 Å². The summed E-state index contributed by atoms with van der Waals surface area (Å²) >= 11 is 0. The second-order valence-corrected chi connectivity index (χ2v) is 5.21. The van der Waals surface area contributed by atoms with Crippen LogP contribution >= 0.6 is 0 Å². The van der Waals surface area contributed by atoms with E-state index in [-0.39, 0.29) is 5.91 Å². The van der Waals surface area contributed by atoms with Crippen molar-refractivity contribution in [3.05, 3.63) is 36.9 Å². The lowest BCUT2D eigenvalue weighted by atomic mass is 10.1. The molecule has 1 aliphatic heterocycles. The molecule has 1 aliphatic rings. The standard InChI is InChI=1S/C16H23N3O/c1-2-6-15(17)16(20)18-13-7-9-14(10-8-13)19-11-4-3-5-12-19/h2,7-10,15H,1,3-6,11-12,17H2,(H,18,20). The van der Waals surface area contributed by atoms with Crippen LogP contribution in [0.15, 0.2) is 36.9 Å². The van der Waals surface area contributed by atoms with E-state index < -0.39 is 6.04 Å². The Kier molecular flexibility index (Phi) is 5.18. The quantitative estimate of drug-likeness (QED) is 0.810. The average molecular weight is 273 g/mol. The van der Waals surface area contributed by atoms with E-state index in [9.17, 15) is 4.79 Å². The summed E-state index contributed by atoms with van der Waals surface area (Å²) in [4.78, 5) is 14.2. The van der Waals surface area contributed by atoms with Crippen LogP contribution in [0.4, 0.5) is 11.4 Å². The predicted octanol–water partition coefficient (Wildman–Crippen LogP) is 2.52. The first-order valence-electron chi connectivity index (χ1n) is 7.23. The van der Waals surface area contributed by atoms with E-state index in [2.05, 4.69) is 28.9 Å². The zero-order valence-electron chi connectivity index (χ0n) is 11.8. The molecule has 1 atom stereocenters. The fourth-order valence-electron chi connectivity index (χ4n) is 2.43. The van der Waals surface area contributed by atoms with Gasteiger partial charge in [0.1, 0.15) is 0 Å². The van der Waals surface area contributed by atoms with E-state index >= 15 is 0 Å². The van der Waals surface area contributed by atoms with Gasteiger partial charge in [0.05, 0.1) is 6.04 Å². The van der Waals surface area contributed by atoms with Gasteiger partial charge in [-0.2, -0.15) is 0 Å². The number of piperidine rings is 1. The number of amides is 1. The molecule has 108 valence electrons. The Bertz CT molecular complexity index is 449. The third-order valence-corrected chi connectivity index (χ3v) is 3.61. The number of nitrogens with zero attached hydrogens (tertiary/aromatic N) is 1. The fraction of sp³-hybridized carbons (Fsp3) is 0.438. The number of nitrogens with two attached hydrogens (primary N) is 1. The summed E-state index contributed by atoms with van der Waals surface area (Å²) in [5.41, 5.74) is 7.74. The SMILES string of the molecule is C=CCC(N)C(=O)Nc1ccc(N2CCCCC2)cc1. The van der Waals surface area contributed by atoms with Gasteiger partial charge in [0.25, 0.3) is 0 Å². The Morgan fingerprint density at radius 1 is 1.30 bits per heavy atom. The Morgan fingerprint density at radius 3 is 2.55 bits per heavy atom. The average Bonchev–Trinajstić information content (AvgIpc) is 2.49. The fourth-order valence-corrected chi connectivity index (χ4v) is 2.43. The normalized spacial score (nSPS) is 16.6. The van der Waals surface area contributed by atoms with Crippen LogP contribution < -0.4 is 16.0 Å². The van der Waals surface area contributed by atoms with Crippen molar-refractivity contribution in [3.8, 4) is 0 Å². The van der Waals surface area contributed by atoms with Crippen LogP contribution in [0.2, 0.25) is 0 Å². The third-order valence-electron chi connectivity index (χ3n) is 3.61. The second-order valence-electron chi connectivity index (χ2n) is 5.21. The summed E-state index contributed by atoms with van der Waals surface area (Å²) in [6, 6.07) is 7.44. The summed E-state index contributed by atoms with van der Waals surface area (Å²) in [6.45, 7) is 5.83. The Labute approximate surface area is 120 Å². The lowest BCUT2D eigenvalue weighted by Crippen LogP contribution is -2.35. The number of hydrogen-bond donors (Lipinski definition) is 2. The van der Waals surface area contributed by atoms with Crippen LogP contribution in [0.5, 0.6) is 0 Å². The molecule has 1 aromatic carbocycles. The van der Waals surface area contributed by atoms with Gasteiger partial charge in [-0.05, 0) is 49.9 Å². The van der Waals surface area contributed by atoms with Crippen LogP contribution in [0.3, 0.4) is 0 Å². The van der Waals surface area contributed by atoms with Crippen molar-refractivity contribution in [2.24, 2.45) is 5.73 Å². The highest BCUT2D eigenvalue weighted by Gasteiger charge is 2.13. The highest BCUT2D eigenvalue weighted by atomic mass is 16.2. The molecular formula is C16H23N3O. The van der Waals surface area contributed by atoms with E-state index in [4.69, 9.17) is 5.73 Å². The molecule has 1 heterocycles. The van der Waals surface area contributed by atoms with Crippen molar-refractivity contribution < 1.29 is 4.79 Å². The molecule has 1 amide bonds. The van der Waals surface area contributed by atoms with E-state index in [0.29, 0.717) is 6.42 Å². The number of carbonyl (C=O) groups is 1. The zero-order chi connectivity index (χ0) is 14.4. The molecule has 4 heteroatoms. The molecule has 0 saturated carbocycles. The molecule has 0 aromatic heterocycles. The van der Waals surface area contributed by atoms with Crippen LogP contribution in [0.25, 0.3) is 0 Å². The topological polar surface area (TPSA) is 58.4 Å². The van der Waals surface area contributed by atoms with Crippen LogP contribution in [0, 0.1) is 0 Å². The zero-order valence-corrected chi connectivity index (χ0v) is 11.8. The summed E-state index contributed by atoms with van der Waals surface area (Å²) in [5, 5.41) is 2.83. The molecule has 3 N–H and O–H groups in total. The first kappa shape index (κ1) is 14.6. The van der Waals surface area contributed by atoms with Gasteiger partial charge in [0, 0.05) is 24.5 Å². The third kappa shape index (κ3) is 3.84. The van der Waals surface area contributed by atoms with Crippen molar-refractivity contribution in [2.75, 3.05) is 23.3 Å². The molecule has 1 unspecified atom stereocenters. The maximum atomic E-state index is 11.8. The monoisotopic (exact) mass is 273 g/mol. The minimum atomic E-state index is -0.533. The van der Waals surface area contributed by atoms with Crippen molar-refractivity contribution in [1.82, 2.24) is 0 Å². The molecule has 1 saturated heterocycles. The molecule has 0 radical (unpaired) electrons. The lowest BCUT2D eigenvalue weighted by Gasteiger charge is -2.28. The minimum Gasteiger partial charge on any atom is -0.372 e. The molecule has 0 bridgehead atoms. The Morgan fingerprint density at radius 2 is 1.95 bits per heavy atom.